The molecule has 0 fully saturated rings. The van der Waals surface area contributed by atoms with Gasteiger partial charge in [0.1, 0.15) is 11.6 Å². The SMILES string of the molecule is CNCc1cccc(NC(=O)Cc2cc(F)ccc2F)c1. The van der Waals surface area contributed by atoms with Gasteiger partial charge in [0, 0.05) is 17.8 Å². The highest BCUT2D eigenvalue weighted by Gasteiger charge is 2.10. The number of carbonyl (C=O) groups excluding carboxylic acids is 1. The van der Waals surface area contributed by atoms with Gasteiger partial charge in [0.25, 0.3) is 0 Å². The Morgan fingerprint density at radius 3 is 2.71 bits per heavy atom. The van der Waals surface area contributed by atoms with Crippen molar-refractivity contribution in [3.05, 3.63) is 65.2 Å². The van der Waals surface area contributed by atoms with Crippen LogP contribution in [0.3, 0.4) is 0 Å². The van der Waals surface area contributed by atoms with Crippen LogP contribution >= 0.6 is 0 Å². The second kappa shape index (κ2) is 6.95. The molecule has 5 heteroatoms. The lowest BCUT2D eigenvalue weighted by atomic mass is 10.1. The maximum absolute atomic E-state index is 13.5. The van der Waals surface area contributed by atoms with Crippen LogP contribution in [0.25, 0.3) is 0 Å². The Kier molecular flexibility index (Phi) is 5.00. The fourth-order valence-corrected chi connectivity index (χ4v) is 2.02. The highest BCUT2D eigenvalue weighted by molar-refractivity contribution is 5.92. The summed E-state index contributed by atoms with van der Waals surface area (Å²) < 4.78 is 26.5. The van der Waals surface area contributed by atoms with E-state index in [0.717, 1.165) is 23.8 Å². The molecule has 2 rings (SSSR count). The molecule has 0 aliphatic rings. The topological polar surface area (TPSA) is 41.1 Å². The zero-order valence-electron chi connectivity index (χ0n) is 11.6. The number of hydrogen-bond acceptors (Lipinski definition) is 2. The van der Waals surface area contributed by atoms with Crippen LogP contribution in [0.1, 0.15) is 11.1 Å². The molecule has 0 spiro atoms. The molecule has 0 saturated heterocycles. The number of hydrogen-bond donors (Lipinski definition) is 2. The maximum atomic E-state index is 13.5. The molecule has 0 unspecified atom stereocenters. The molecule has 2 aromatic rings. The average Bonchev–Trinajstić information content (AvgIpc) is 2.43. The minimum absolute atomic E-state index is 0.0406. The van der Waals surface area contributed by atoms with Gasteiger partial charge in [-0.3, -0.25) is 4.79 Å². The third kappa shape index (κ3) is 4.36. The van der Waals surface area contributed by atoms with Crippen LogP contribution < -0.4 is 10.6 Å². The standard InChI is InChI=1S/C16H16F2N2O/c1-19-10-11-3-2-4-14(7-11)20-16(21)9-12-8-13(17)5-6-15(12)18/h2-8,19H,9-10H2,1H3,(H,20,21). The summed E-state index contributed by atoms with van der Waals surface area (Å²) in [7, 11) is 1.83. The second-order valence-electron chi connectivity index (χ2n) is 4.69. The second-order valence-corrected chi connectivity index (χ2v) is 4.69. The van der Waals surface area contributed by atoms with Gasteiger partial charge in [-0.2, -0.15) is 0 Å². The number of nitrogens with one attached hydrogen (secondary N) is 2. The van der Waals surface area contributed by atoms with Gasteiger partial charge in [0.2, 0.25) is 5.91 Å². The largest absolute Gasteiger partial charge is 0.326 e. The quantitative estimate of drug-likeness (QED) is 0.889. The van der Waals surface area contributed by atoms with Crippen LogP contribution in [-0.4, -0.2) is 13.0 Å². The Morgan fingerprint density at radius 1 is 1.14 bits per heavy atom. The molecule has 0 bridgehead atoms. The zero-order chi connectivity index (χ0) is 15.2. The number of carbonyl (C=O) groups is 1. The number of halogens is 2. The first-order valence-corrected chi connectivity index (χ1v) is 6.56. The number of anilines is 1. The lowest BCUT2D eigenvalue weighted by Crippen LogP contribution is -2.15. The lowest BCUT2D eigenvalue weighted by molar-refractivity contribution is -0.115. The fourth-order valence-electron chi connectivity index (χ4n) is 2.02. The highest BCUT2D eigenvalue weighted by Crippen LogP contribution is 2.13. The van der Waals surface area contributed by atoms with Gasteiger partial charge in [0.15, 0.2) is 0 Å². The van der Waals surface area contributed by atoms with E-state index in [2.05, 4.69) is 10.6 Å². The van der Waals surface area contributed by atoms with E-state index in [0.29, 0.717) is 12.2 Å². The summed E-state index contributed by atoms with van der Waals surface area (Å²) in [4.78, 5) is 11.9. The molecule has 1 amide bonds. The van der Waals surface area contributed by atoms with Crippen molar-refractivity contribution >= 4 is 11.6 Å². The number of amides is 1. The van der Waals surface area contributed by atoms with Gasteiger partial charge in [-0.25, -0.2) is 8.78 Å². The van der Waals surface area contributed by atoms with Crippen LogP contribution in [-0.2, 0) is 17.8 Å². The van der Waals surface area contributed by atoms with Crippen molar-refractivity contribution < 1.29 is 13.6 Å². The molecule has 0 saturated carbocycles. The Hall–Kier alpha value is -2.27. The molecule has 0 aliphatic heterocycles. The van der Waals surface area contributed by atoms with Crippen LogP contribution in [0.2, 0.25) is 0 Å². The first-order chi connectivity index (χ1) is 10.1. The normalized spacial score (nSPS) is 10.4. The van der Waals surface area contributed by atoms with Crippen LogP contribution in [0.15, 0.2) is 42.5 Å². The first kappa shape index (κ1) is 15.1. The molecule has 21 heavy (non-hydrogen) atoms. The monoisotopic (exact) mass is 290 g/mol. The molecule has 110 valence electrons. The maximum Gasteiger partial charge on any atom is 0.228 e. The highest BCUT2D eigenvalue weighted by atomic mass is 19.1. The molecule has 0 radical (unpaired) electrons. The van der Waals surface area contributed by atoms with Crippen LogP contribution in [0.4, 0.5) is 14.5 Å². The molecule has 0 aliphatic carbocycles. The molecular formula is C16H16F2N2O. The average molecular weight is 290 g/mol. The van der Waals surface area contributed by atoms with Crippen LogP contribution in [0, 0.1) is 11.6 Å². The van der Waals surface area contributed by atoms with Gasteiger partial charge in [-0.1, -0.05) is 12.1 Å². The molecule has 2 N–H and O–H groups in total. The molecular weight excluding hydrogens is 274 g/mol. The van der Waals surface area contributed by atoms with Crippen molar-refractivity contribution in [3.8, 4) is 0 Å². The molecule has 0 aromatic heterocycles. The number of rotatable bonds is 5. The van der Waals surface area contributed by atoms with Crippen molar-refractivity contribution in [3.63, 3.8) is 0 Å². The first-order valence-electron chi connectivity index (χ1n) is 6.56. The van der Waals surface area contributed by atoms with Crippen molar-refractivity contribution in [2.45, 2.75) is 13.0 Å². The Balaban J connectivity index is 2.04. The van der Waals surface area contributed by atoms with E-state index < -0.39 is 11.6 Å². The smallest absolute Gasteiger partial charge is 0.228 e. The summed E-state index contributed by atoms with van der Waals surface area (Å²) in [5.41, 5.74) is 1.69. The van der Waals surface area contributed by atoms with E-state index in [1.165, 1.54) is 0 Å². The van der Waals surface area contributed by atoms with Crippen molar-refractivity contribution in [1.82, 2.24) is 5.32 Å². The third-order valence-electron chi connectivity index (χ3n) is 2.95. The summed E-state index contributed by atoms with van der Waals surface area (Å²) in [5, 5.41) is 5.69. The number of benzene rings is 2. The van der Waals surface area contributed by atoms with E-state index in [-0.39, 0.29) is 17.9 Å². The Morgan fingerprint density at radius 2 is 1.95 bits per heavy atom. The van der Waals surface area contributed by atoms with E-state index >= 15 is 0 Å². The van der Waals surface area contributed by atoms with Gasteiger partial charge in [-0.05, 0) is 42.9 Å². The van der Waals surface area contributed by atoms with Gasteiger partial charge < -0.3 is 10.6 Å². The summed E-state index contributed by atoms with van der Waals surface area (Å²) >= 11 is 0. The van der Waals surface area contributed by atoms with Crippen molar-refractivity contribution in [2.75, 3.05) is 12.4 Å². The molecule has 2 aromatic carbocycles. The van der Waals surface area contributed by atoms with E-state index in [1.807, 2.05) is 25.2 Å². The van der Waals surface area contributed by atoms with Gasteiger partial charge in [0.05, 0.1) is 6.42 Å². The van der Waals surface area contributed by atoms with E-state index in [1.54, 1.807) is 6.07 Å². The van der Waals surface area contributed by atoms with Crippen molar-refractivity contribution in [2.24, 2.45) is 0 Å². The minimum Gasteiger partial charge on any atom is -0.326 e. The van der Waals surface area contributed by atoms with Gasteiger partial charge in [-0.15, -0.1) is 0 Å². The molecule has 3 nitrogen and oxygen atoms in total. The van der Waals surface area contributed by atoms with Gasteiger partial charge >= 0.3 is 0 Å². The predicted octanol–water partition coefficient (Wildman–Crippen LogP) is 2.87. The predicted molar refractivity (Wildman–Crippen MR) is 77.9 cm³/mol. The summed E-state index contributed by atoms with van der Waals surface area (Å²) in [6.07, 6.45) is -0.208. The van der Waals surface area contributed by atoms with E-state index in [9.17, 15) is 13.6 Å². The molecule has 0 atom stereocenters. The summed E-state index contributed by atoms with van der Waals surface area (Å²) in [5.74, 6) is -1.54. The minimum atomic E-state index is -0.588. The third-order valence-corrected chi connectivity index (χ3v) is 2.95. The Labute approximate surface area is 122 Å². The summed E-state index contributed by atoms with van der Waals surface area (Å²) in [6, 6.07) is 10.4. The Bertz CT molecular complexity index is 644. The summed E-state index contributed by atoms with van der Waals surface area (Å²) in [6.45, 7) is 0.683. The fraction of sp³-hybridized carbons (Fsp3) is 0.188. The molecule has 0 heterocycles. The van der Waals surface area contributed by atoms with Crippen molar-refractivity contribution in [1.29, 1.82) is 0 Å². The zero-order valence-corrected chi connectivity index (χ0v) is 11.6. The lowest BCUT2D eigenvalue weighted by Gasteiger charge is -2.08. The van der Waals surface area contributed by atoms with Crippen LogP contribution in [0.5, 0.6) is 0 Å². The van der Waals surface area contributed by atoms with E-state index in [4.69, 9.17) is 0 Å².